The molecule has 7 heteroatoms. The number of hydrogen-bond donors (Lipinski definition) is 0. The summed E-state index contributed by atoms with van der Waals surface area (Å²) in [5.74, 6) is 0. The number of aryl methyl sites for hydroxylation is 1. The van der Waals surface area contributed by atoms with Gasteiger partial charge in [-0.1, -0.05) is 62.2 Å². The fourth-order valence-corrected chi connectivity index (χ4v) is 2.54. The Bertz CT molecular complexity index is 343. The second kappa shape index (κ2) is 15.0. The van der Waals surface area contributed by atoms with Crippen LogP contribution in [0.5, 0.6) is 0 Å². The molecular weight excluding hydrogens is 341 g/mol. The number of aromatic nitrogens is 1. The Labute approximate surface area is 160 Å². The maximum Gasteiger partial charge on any atom is 2.00 e. The van der Waals surface area contributed by atoms with E-state index < -0.39 is 0 Å². The summed E-state index contributed by atoms with van der Waals surface area (Å²) < 4.78 is 1.74. The maximum absolute atomic E-state index is 11.4. The van der Waals surface area contributed by atoms with Gasteiger partial charge in [0.15, 0.2) is 0 Å². The third-order valence-corrected chi connectivity index (χ3v) is 3.77. The first kappa shape index (κ1) is 24.6. The standard InChI is InChI=1S/C11H18ClNOS.Ca.2ClH/c1-2-3-4-5-6-7-8-13-11(14)10(12)9-15-13;;;/h9H,2-8H2,1H3;;2*1H/q;+2;;/p-2. The van der Waals surface area contributed by atoms with E-state index in [1.165, 1.54) is 43.6 Å². The Hall–Kier alpha value is 1.56. The number of nitrogens with zero attached hydrogens (tertiary/aromatic N) is 1. The van der Waals surface area contributed by atoms with Crippen LogP contribution in [0.2, 0.25) is 5.02 Å². The van der Waals surface area contributed by atoms with Gasteiger partial charge in [0.1, 0.15) is 5.02 Å². The van der Waals surface area contributed by atoms with Gasteiger partial charge in [-0.2, -0.15) is 0 Å². The van der Waals surface area contributed by atoms with E-state index in [1.54, 1.807) is 9.34 Å². The first-order valence-corrected chi connectivity index (χ1v) is 6.81. The largest absolute Gasteiger partial charge is 2.00 e. The zero-order valence-corrected chi connectivity index (χ0v) is 15.9. The zero-order valence-electron chi connectivity index (χ0n) is 10.6. The van der Waals surface area contributed by atoms with E-state index in [-0.39, 0.29) is 68.1 Å². The van der Waals surface area contributed by atoms with Crippen molar-refractivity contribution in [3.8, 4) is 0 Å². The molecule has 0 radical (unpaired) electrons. The van der Waals surface area contributed by atoms with Crippen LogP contribution in [-0.4, -0.2) is 41.7 Å². The fourth-order valence-electron chi connectivity index (χ4n) is 1.52. The van der Waals surface area contributed by atoms with Gasteiger partial charge in [-0.25, -0.2) is 0 Å². The van der Waals surface area contributed by atoms with Crippen LogP contribution in [0.15, 0.2) is 10.2 Å². The predicted octanol–water partition coefficient (Wildman–Crippen LogP) is -2.45. The molecular formula is C11H18CaCl3NOS. The van der Waals surface area contributed by atoms with Gasteiger partial charge in [-0.15, -0.1) is 0 Å². The topological polar surface area (TPSA) is 22.0 Å². The van der Waals surface area contributed by atoms with Crippen LogP contribution in [-0.2, 0) is 6.54 Å². The molecule has 0 aliphatic heterocycles. The molecule has 0 aliphatic rings. The van der Waals surface area contributed by atoms with Crippen molar-refractivity contribution < 1.29 is 24.8 Å². The van der Waals surface area contributed by atoms with E-state index in [1.807, 2.05) is 0 Å². The molecule has 0 saturated carbocycles. The van der Waals surface area contributed by atoms with Gasteiger partial charge in [0.25, 0.3) is 5.56 Å². The van der Waals surface area contributed by atoms with Gasteiger partial charge in [0, 0.05) is 11.9 Å². The molecule has 2 nitrogen and oxygen atoms in total. The molecule has 1 aromatic rings. The van der Waals surface area contributed by atoms with Crippen molar-refractivity contribution in [1.29, 1.82) is 0 Å². The Morgan fingerprint density at radius 1 is 1.17 bits per heavy atom. The molecule has 0 unspecified atom stereocenters. The summed E-state index contributed by atoms with van der Waals surface area (Å²) in [5, 5.41) is 2.06. The van der Waals surface area contributed by atoms with E-state index in [0.717, 1.165) is 13.0 Å². The molecule has 0 saturated heterocycles. The van der Waals surface area contributed by atoms with Gasteiger partial charge >= 0.3 is 37.7 Å². The molecule has 1 heterocycles. The second-order valence-corrected chi connectivity index (χ2v) is 5.04. The van der Waals surface area contributed by atoms with Crippen LogP contribution >= 0.6 is 23.1 Å². The third-order valence-electron chi connectivity index (χ3n) is 2.43. The smallest absolute Gasteiger partial charge is 1.00 e. The van der Waals surface area contributed by atoms with Crippen LogP contribution in [0.25, 0.3) is 0 Å². The molecule has 0 aromatic carbocycles. The molecule has 18 heavy (non-hydrogen) atoms. The minimum atomic E-state index is -0.0322. The molecule has 0 spiro atoms. The van der Waals surface area contributed by atoms with Gasteiger partial charge < -0.3 is 24.8 Å². The number of halogens is 3. The van der Waals surface area contributed by atoms with E-state index in [4.69, 9.17) is 11.6 Å². The normalized spacial score (nSPS) is 9.00. The summed E-state index contributed by atoms with van der Waals surface area (Å²) in [7, 11) is 0. The summed E-state index contributed by atoms with van der Waals surface area (Å²) in [6.07, 6.45) is 7.49. The molecule has 0 bridgehead atoms. The van der Waals surface area contributed by atoms with Crippen LogP contribution in [0.4, 0.5) is 0 Å². The average molecular weight is 359 g/mol. The number of unbranched alkanes of at least 4 members (excludes halogenated alkanes) is 5. The summed E-state index contributed by atoms with van der Waals surface area (Å²) in [4.78, 5) is 11.4. The summed E-state index contributed by atoms with van der Waals surface area (Å²) >= 11 is 7.10. The SMILES string of the molecule is CCCCCCCCn1scc(Cl)c1=O.[Ca+2].[Cl-].[Cl-]. The van der Waals surface area contributed by atoms with Crippen molar-refractivity contribution in [3.63, 3.8) is 0 Å². The van der Waals surface area contributed by atoms with E-state index in [9.17, 15) is 4.79 Å². The van der Waals surface area contributed by atoms with Crippen molar-refractivity contribution >= 4 is 60.9 Å². The first-order valence-electron chi connectivity index (χ1n) is 5.60. The van der Waals surface area contributed by atoms with Crippen LogP contribution in [0.1, 0.15) is 45.4 Å². The zero-order chi connectivity index (χ0) is 11.1. The Morgan fingerprint density at radius 3 is 2.22 bits per heavy atom. The minimum absolute atomic E-state index is 0. The molecule has 0 atom stereocenters. The van der Waals surface area contributed by atoms with Crippen molar-refractivity contribution in [2.75, 3.05) is 0 Å². The van der Waals surface area contributed by atoms with Gasteiger partial charge in [0.2, 0.25) is 0 Å². The second-order valence-electron chi connectivity index (χ2n) is 3.75. The molecule has 0 aliphatic carbocycles. The van der Waals surface area contributed by atoms with Crippen molar-refractivity contribution in [2.24, 2.45) is 0 Å². The quantitative estimate of drug-likeness (QED) is 0.392. The van der Waals surface area contributed by atoms with Gasteiger partial charge in [0.05, 0.1) is 0 Å². The van der Waals surface area contributed by atoms with Crippen molar-refractivity contribution in [3.05, 3.63) is 20.8 Å². The van der Waals surface area contributed by atoms with Gasteiger partial charge in [-0.3, -0.25) is 8.75 Å². The Kier molecular flexibility index (Phi) is 20.4. The van der Waals surface area contributed by atoms with Crippen LogP contribution in [0.3, 0.4) is 0 Å². The molecule has 0 N–H and O–H groups in total. The molecule has 0 fully saturated rings. The number of rotatable bonds is 7. The number of hydrogen-bond acceptors (Lipinski definition) is 2. The van der Waals surface area contributed by atoms with E-state index in [0.29, 0.717) is 5.02 Å². The summed E-state index contributed by atoms with van der Waals surface area (Å²) in [6.45, 7) is 3.04. The monoisotopic (exact) mass is 357 g/mol. The van der Waals surface area contributed by atoms with Gasteiger partial charge in [-0.05, 0) is 6.42 Å². The van der Waals surface area contributed by atoms with Crippen molar-refractivity contribution in [1.82, 2.24) is 3.96 Å². The van der Waals surface area contributed by atoms with Crippen molar-refractivity contribution in [2.45, 2.75) is 52.0 Å². The van der Waals surface area contributed by atoms with E-state index >= 15 is 0 Å². The molecule has 0 amide bonds. The average Bonchev–Trinajstić information content (AvgIpc) is 2.54. The predicted molar refractivity (Wildman–Crippen MR) is 72.7 cm³/mol. The summed E-state index contributed by atoms with van der Waals surface area (Å²) in [6, 6.07) is 0. The molecule has 1 rings (SSSR count). The van der Waals surface area contributed by atoms with E-state index in [2.05, 4.69) is 6.92 Å². The molecule has 1 aromatic heterocycles. The maximum atomic E-state index is 11.4. The van der Waals surface area contributed by atoms with Crippen LogP contribution in [0, 0.1) is 0 Å². The first-order chi connectivity index (χ1) is 7.25. The summed E-state index contributed by atoms with van der Waals surface area (Å²) in [5.41, 5.74) is -0.0322. The minimum Gasteiger partial charge on any atom is -1.00 e. The Balaban J connectivity index is -0.000000750. The fraction of sp³-hybridized carbons (Fsp3) is 0.727. The molecule has 102 valence electrons. The third kappa shape index (κ3) is 9.46. The van der Waals surface area contributed by atoms with Crippen LogP contribution < -0.4 is 30.4 Å². The Morgan fingerprint density at radius 2 is 1.72 bits per heavy atom.